The smallest absolute Gasteiger partial charge is 0.0770 e. The lowest BCUT2D eigenvalue weighted by Crippen LogP contribution is -2.33. The Balaban J connectivity index is 2.48. The first-order chi connectivity index (χ1) is 4.69. The van der Waals surface area contributed by atoms with Crippen LogP contribution in [0, 0.1) is 0 Å². The Hall–Kier alpha value is 0.310. The second kappa shape index (κ2) is 3.14. The number of hydrogen-bond acceptors (Lipinski definition) is 2. The van der Waals surface area contributed by atoms with Crippen LogP contribution in [-0.2, 0) is 0 Å². The summed E-state index contributed by atoms with van der Waals surface area (Å²) in [5, 5.41) is 10.4. The minimum absolute atomic E-state index is 0.334. The SMILES string of the molecule is CCCC1(O)CCSC1C. The maximum absolute atomic E-state index is 9.94. The highest BCUT2D eigenvalue weighted by Crippen LogP contribution is 2.38. The van der Waals surface area contributed by atoms with Crippen molar-refractivity contribution in [2.24, 2.45) is 0 Å². The molecule has 1 aliphatic rings. The van der Waals surface area contributed by atoms with Crippen molar-refractivity contribution >= 4 is 11.8 Å². The van der Waals surface area contributed by atoms with E-state index in [2.05, 4.69) is 13.8 Å². The van der Waals surface area contributed by atoms with Gasteiger partial charge in [-0.1, -0.05) is 20.3 Å². The van der Waals surface area contributed by atoms with Gasteiger partial charge in [0.25, 0.3) is 0 Å². The van der Waals surface area contributed by atoms with Gasteiger partial charge in [-0.2, -0.15) is 11.8 Å². The molecule has 0 saturated carbocycles. The molecule has 0 aromatic carbocycles. The fraction of sp³-hybridized carbons (Fsp3) is 1.00. The zero-order valence-corrected chi connectivity index (χ0v) is 7.58. The van der Waals surface area contributed by atoms with E-state index in [0.717, 1.165) is 25.0 Å². The minimum atomic E-state index is -0.334. The maximum Gasteiger partial charge on any atom is 0.0770 e. The topological polar surface area (TPSA) is 20.2 Å². The molecule has 1 rings (SSSR count). The number of hydrogen-bond donors (Lipinski definition) is 1. The van der Waals surface area contributed by atoms with Gasteiger partial charge in [0.05, 0.1) is 5.60 Å². The van der Waals surface area contributed by atoms with E-state index in [9.17, 15) is 5.11 Å². The molecule has 1 aliphatic heterocycles. The summed E-state index contributed by atoms with van der Waals surface area (Å²) in [6.07, 6.45) is 3.06. The molecule has 2 unspecified atom stereocenters. The second-order valence-electron chi connectivity index (χ2n) is 3.12. The molecule has 1 nitrogen and oxygen atoms in total. The molecular weight excluding hydrogens is 144 g/mol. The van der Waals surface area contributed by atoms with Crippen LogP contribution in [0.5, 0.6) is 0 Å². The quantitative estimate of drug-likeness (QED) is 0.667. The summed E-state index contributed by atoms with van der Waals surface area (Å²) in [7, 11) is 0. The molecule has 0 spiro atoms. The van der Waals surface area contributed by atoms with Gasteiger partial charge in [-0.3, -0.25) is 0 Å². The lowest BCUT2D eigenvalue weighted by Gasteiger charge is -2.25. The number of rotatable bonds is 2. The Morgan fingerprint density at radius 3 is 2.80 bits per heavy atom. The van der Waals surface area contributed by atoms with Gasteiger partial charge < -0.3 is 5.11 Å². The highest BCUT2D eigenvalue weighted by Gasteiger charge is 2.37. The normalized spacial score (nSPS) is 40.5. The van der Waals surface area contributed by atoms with Gasteiger partial charge in [0.1, 0.15) is 0 Å². The first-order valence-corrected chi connectivity index (χ1v) is 5.08. The van der Waals surface area contributed by atoms with E-state index >= 15 is 0 Å². The Morgan fingerprint density at radius 2 is 2.40 bits per heavy atom. The average Bonchev–Trinajstić information content (AvgIpc) is 2.15. The molecular formula is C8H16OS. The second-order valence-corrected chi connectivity index (χ2v) is 4.57. The first kappa shape index (κ1) is 8.41. The van der Waals surface area contributed by atoms with Gasteiger partial charge >= 0.3 is 0 Å². The monoisotopic (exact) mass is 160 g/mol. The van der Waals surface area contributed by atoms with E-state index in [1.807, 2.05) is 11.8 Å². The fourth-order valence-corrected chi connectivity index (χ4v) is 2.90. The summed E-state index contributed by atoms with van der Waals surface area (Å²) in [5.74, 6) is 1.14. The van der Waals surface area contributed by atoms with Crippen molar-refractivity contribution in [3.8, 4) is 0 Å². The van der Waals surface area contributed by atoms with Gasteiger partial charge in [-0.25, -0.2) is 0 Å². The maximum atomic E-state index is 9.94. The summed E-state index contributed by atoms with van der Waals surface area (Å²) in [6, 6.07) is 0. The van der Waals surface area contributed by atoms with Crippen LogP contribution in [0.15, 0.2) is 0 Å². The molecule has 1 heterocycles. The van der Waals surface area contributed by atoms with Crippen molar-refractivity contribution in [2.75, 3.05) is 5.75 Å². The van der Waals surface area contributed by atoms with E-state index in [-0.39, 0.29) is 5.60 Å². The van der Waals surface area contributed by atoms with Crippen molar-refractivity contribution < 1.29 is 5.11 Å². The molecule has 0 radical (unpaired) electrons. The van der Waals surface area contributed by atoms with Crippen LogP contribution in [0.4, 0.5) is 0 Å². The zero-order chi connectivity index (χ0) is 7.61. The summed E-state index contributed by atoms with van der Waals surface area (Å²) >= 11 is 1.89. The van der Waals surface area contributed by atoms with Crippen LogP contribution in [0.3, 0.4) is 0 Å². The molecule has 1 N–H and O–H groups in total. The molecule has 2 atom stereocenters. The predicted octanol–water partition coefficient (Wildman–Crippen LogP) is 2.04. The fourth-order valence-electron chi connectivity index (χ4n) is 1.53. The summed E-state index contributed by atoms with van der Waals surface area (Å²) in [4.78, 5) is 0. The molecule has 1 saturated heterocycles. The van der Waals surface area contributed by atoms with Crippen LogP contribution in [-0.4, -0.2) is 21.7 Å². The van der Waals surface area contributed by atoms with E-state index in [4.69, 9.17) is 0 Å². The Kier molecular flexibility index (Phi) is 2.64. The summed E-state index contributed by atoms with van der Waals surface area (Å²) in [6.45, 7) is 4.26. The van der Waals surface area contributed by atoms with Gasteiger partial charge in [-0.05, 0) is 18.6 Å². The first-order valence-electron chi connectivity index (χ1n) is 4.03. The Morgan fingerprint density at radius 1 is 1.70 bits per heavy atom. The minimum Gasteiger partial charge on any atom is -0.389 e. The third-order valence-corrected chi connectivity index (χ3v) is 3.72. The molecule has 0 amide bonds. The highest BCUT2D eigenvalue weighted by atomic mass is 32.2. The van der Waals surface area contributed by atoms with Gasteiger partial charge in [-0.15, -0.1) is 0 Å². The van der Waals surface area contributed by atoms with Crippen LogP contribution >= 0.6 is 11.8 Å². The summed E-state index contributed by atoms with van der Waals surface area (Å²) in [5.41, 5.74) is -0.334. The van der Waals surface area contributed by atoms with Gasteiger partial charge in [0.2, 0.25) is 0 Å². The number of thioether (sulfide) groups is 1. The molecule has 10 heavy (non-hydrogen) atoms. The Bertz CT molecular complexity index is 116. The zero-order valence-electron chi connectivity index (χ0n) is 6.76. The van der Waals surface area contributed by atoms with Crippen LogP contribution in [0.25, 0.3) is 0 Å². The van der Waals surface area contributed by atoms with Crippen molar-refractivity contribution in [2.45, 2.75) is 44.0 Å². The van der Waals surface area contributed by atoms with Crippen molar-refractivity contribution in [1.82, 2.24) is 0 Å². The third-order valence-electron chi connectivity index (χ3n) is 2.34. The van der Waals surface area contributed by atoms with E-state index in [0.29, 0.717) is 5.25 Å². The van der Waals surface area contributed by atoms with E-state index in [1.54, 1.807) is 0 Å². The third kappa shape index (κ3) is 1.48. The van der Waals surface area contributed by atoms with Gasteiger partial charge in [0.15, 0.2) is 0 Å². The molecule has 2 heteroatoms. The molecule has 0 aromatic rings. The molecule has 0 bridgehead atoms. The summed E-state index contributed by atoms with van der Waals surface area (Å²) < 4.78 is 0. The lowest BCUT2D eigenvalue weighted by molar-refractivity contribution is 0.0365. The highest BCUT2D eigenvalue weighted by molar-refractivity contribution is 8.00. The predicted molar refractivity (Wildman–Crippen MR) is 46.4 cm³/mol. The van der Waals surface area contributed by atoms with Crippen molar-refractivity contribution in [3.63, 3.8) is 0 Å². The van der Waals surface area contributed by atoms with Crippen molar-refractivity contribution in [1.29, 1.82) is 0 Å². The average molecular weight is 160 g/mol. The lowest BCUT2D eigenvalue weighted by atomic mass is 9.92. The standard InChI is InChI=1S/C8H16OS/c1-3-4-8(9)5-6-10-7(8)2/h7,9H,3-6H2,1-2H3. The van der Waals surface area contributed by atoms with E-state index < -0.39 is 0 Å². The molecule has 0 aromatic heterocycles. The van der Waals surface area contributed by atoms with Crippen molar-refractivity contribution in [3.05, 3.63) is 0 Å². The number of aliphatic hydroxyl groups is 1. The van der Waals surface area contributed by atoms with Crippen LogP contribution in [0.2, 0.25) is 0 Å². The molecule has 0 aliphatic carbocycles. The molecule has 1 fully saturated rings. The van der Waals surface area contributed by atoms with Crippen LogP contribution in [0.1, 0.15) is 33.1 Å². The van der Waals surface area contributed by atoms with Gasteiger partial charge in [0, 0.05) is 5.25 Å². The van der Waals surface area contributed by atoms with Crippen LogP contribution < -0.4 is 0 Å². The largest absolute Gasteiger partial charge is 0.389 e. The Labute approximate surface area is 67.2 Å². The van der Waals surface area contributed by atoms with E-state index in [1.165, 1.54) is 0 Å². The molecule has 60 valence electrons.